The first kappa shape index (κ1) is 19.6. The van der Waals surface area contributed by atoms with Crippen molar-refractivity contribution in [1.82, 2.24) is 9.80 Å². The second-order valence-electron chi connectivity index (χ2n) is 8.90. The van der Waals surface area contributed by atoms with Gasteiger partial charge in [0.2, 0.25) is 12.5 Å². The van der Waals surface area contributed by atoms with Crippen LogP contribution in [-0.4, -0.2) is 49.9 Å². The van der Waals surface area contributed by atoms with Crippen LogP contribution >= 0.6 is 0 Å². The Kier molecular flexibility index (Phi) is 5.29. The number of hydrogen-bond donors (Lipinski definition) is 0. The number of rotatable bonds is 5. The van der Waals surface area contributed by atoms with Crippen molar-refractivity contribution in [2.45, 2.75) is 32.4 Å². The van der Waals surface area contributed by atoms with Crippen LogP contribution in [0.3, 0.4) is 0 Å². The van der Waals surface area contributed by atoms with Gasteiger partial charge in [-0.3, -0.25) is 9.80 Å². The minimum absolute atomic E-state index is 0.0954. The third-order valence-corrected chi connectivity index (χ3v) is 6.73. The van der Waals surface area contributed by atoms with E-state index in [9.17, 15) is 4.39 Å². The molecule has 1 spiro atoms. The standard InChI is InChI=1S/C24H29FN2O3/c1-28-21-11-18(12-22-23(21)30-17-29-22)13-27-10-8-24(16-27)7-4-9-26(15-24)14-19-5-2-3-6-20(19)25/h2-3,5-6,11-12H,4,7-10,13-17H2,1H3. The Hall–Kier alpha value is -2.31. The first-order chi connectivity index (χ1) is 14.6. The number of fused-ring (bicyclic) bond motifs is 1. The molecule has 5 nitrogen and oxygen atoms in total. The molecule has 0 N–H and O–H groups in total. The smallest absolute Gasteiger partial charge is 0.231 e. The lowest BCUT2D eigenvalue weighted by atomic mass is 9.79. The van der Waals surface area contributed by atoms with E-state index in [1.54, 1.807) is 19.2 Å². The van der Waals surface area contributed by atoms with Gasteiger partial charge in [0.25, 0.3) is 0 Å². The third-order valence-electron chi connectivity index (χ3n) is 6.73. The number of nitrogens with zero attached hydrogens (tertiary/aromatic N) is 2. The van der Waals surface area contributed by atoms with Crippen LogP contribution in [0.4, 0.5) is 4.39 Å². The SMILES string of the molecule is COc1cc(CN2CCC3(CCCN(Cc4ccccc4F)C3)C2)cc2c1OCO2. The van der Waals surface area contributed by atoms with Crippen molar-refractivity contribution in [3.8, 4) is 17.2 Å². The Balaban J connectivity index is 1.24. The number of piperidine rings is 1. The first-order valence-corrected chi connectivity index (χ1v) is 10.8. The average Bonchev–Trinajstić information content (AvgIpc) is 3.36. The van der Waals surface area contributed by atoms with E-state index >= 15 is 0 Å². The van der Waals surface area contributed by atoms with Gasteiger partial charge in [-0.2, -0.15) is 0 Å². The fraction of sp³-hybridized carbons (Fsp3) is 0.500. The number of halogens is 1. The lowest BCUT2D eigenvalue weighted by Gasteiger charge is -2.40. The molecule has 160 valence electrons. The van der Waals surface area contributed by atoms with E-state index < -0.39 is 0 Å². The van der Waals surface area contributed by atoms with E-state index in [-0.39, 0.29) is 12.6 Å². The van der Waals surface area contributed by atoms with Gasteiger partial charge in [0.15, 0.2) is 11.5 Å². The average molecular weight is 413 g/mol. The van der Waals surface area contributed by atoms with Crippen molar-refractivity contribution in [3.05, 3.63) is 53.3 Å². The maximum atomic E-state index is 14.1. The molecule has 1 atom stereocenters. The zero-order chi connectivity index (χ0) is 20.6. The Morgan fingerprint density at radius 3 is 2.70 bits per heavy atom. The molecule has 0 amide bonds. The summed E-state index contributed by atoms with van der Waals surface area (Å²) in [7, 11) is 1.66. The highest BCUT2D eigenvalue weighted by Gasteiger charge is 2.41. The molecule has 0 aliphatic carbocycles. The van der Waals surface area contributed by atoms with Crippen molar-refractivity contribution in [2.24, 2.45) is 5.41 Å². The van der Waals surface area contributed by atoms with Crippen molar-refractivity contribution in [1.29, 1.82) is 0 Å². The van der Waals surface area contributed by atoms with Gasteiger partial charge in [0, 0.05) is 31.7 Å². The van der Waals surface area contributed by atoms with Crippen molar-refractivity contribution >= 4 is 0 Å². The van der Waals surface area contributed by atoms with Crippen LogP contribution in [0.1, 0.15) is 30.4 Å². The number of hydrogen-bond acceptors (Lipinski definition) is 5. The fourth-order valence-corrected chi connectivity index (χ4v) is 5.34. The Morgan fingerprint density at radius 1 is 1.03 bits per heavy atom. The molecule has 3 heterocycles. The zero-order valence-corrected chi connectivity index (χ0v) is 17.5. The second-order valence-corrected chi connectivity index (χ2v) is 8.90. The molecule has 5 rings (SSSR count). The lowest BCUT2D eigenvalue weighted by molar-refractivity contribution is 0.0858. The van der Waals surface area contributed by atoms with E-state index in [4.69, 9.17) is 14.2 Å². The highest BCUT2D eigenvalue weighted by atomic mass is 19.1. The van der Waals surface area contributed by atoms with E-state index in [2.05, 4.69) is 21.9 Å². The summed E-state index contributed by atoms with van der Waals surface area (Å²) >= 11 is 0. The molecule has 2 saturated heterocycles. The zero-order valence-electron chi connectivity index (χ0n) is 17.5. The predicted octanol–water partition coefficient (Wildman–Crippen LogP) is 4.05. The molecule has 0 bridgehead atoms. The highest BCUT2D eigenvalue weighted by molar-refractivity contribution is 5.55. The lowest BCUT2D eigenvalue weighted by Crippen LogP contribution is -2.44. The molecule has 2 aromatic carbocycles. The largest absolute Gasteiger partial charge is 0.493 e. The summed E-state index contributed by atoms with van der Waals surface area (Å²) in [5.41, 5.74) is 2.30. The van der Waals surface area contributed by atoms with E-state index in [0.29, 0.717) is 17.7 Å². The maximum absolute atomic E-state index is 14.1. The molecule has 3 aliphatic rings. The second kappa shape index (κ2) is 8.08. The minimum atomic E-state index is -0.0954. The first-order valence-electron chi connectivity index (χ1n) is 10.8. The molecule has 0 saturated carbocycles. The summed E-state index contributed by atoms with van der Waals surface area (Å²) in [6, 6.07) is 11.3. The van der Waals surface area contributed by atoms with Gasteiger partial charge >= 0.3 is 0 Å². The highest BCUT2D eigenvalue weighted by Crippen LogP contribution is 2.43. The predicted molar refractivity (Wildman–Crippen MR) is 112 cm³/mol. The van der Waals surface area contributed by atoms with Gasteiger partial charge in [-0.25, -0.2) is 4.39 Å². The number of methoxy groups -OCH3 is 1. The molecule has 3 aliphatic heterocycles. The Bertz CT molecular complexity index is 921. The molecule has 30 heavy (non-hydrogen) atoms. The summed E-state index contributed by atoms with van der Waals surface area (Å²) < 4.78 is 30.7. The quantitative estimate of drug-likeness (QED) is 0.740. The molecule has 0 aromatic heterocycles. The van der Waals surface area contributed by atoms with Gasteiger partial charge in [-0.1, -0.05) is 18.2 Å². The van der Waals surface area contributed by atoms with Gasteiger partial charge in [0.05, 0.1) is 7.11 Å². The van der Waals surface area contributed by atoms with Crippen LogP contribution in [0, 0.1) is 11.2 Å². The van der Waals surface area contributed by atoms with Gasteiger partial charge in [-0.15, -0.1) is 0 Å². The van der Waals surface area contributed by atoms with Gasteiger partial charge in [0.1, 0.15) is 5.82 Å². The summed E-state index contributed by atoms with van der Waals surface area (Å²) in [6.45, 7) is 6.09. The molecule has 0 radical (unpaired) electrons. The van der Waals surface area contributed by atoms with Crippen molar-refractivity contribution < 1.29 is 18.6 Å². The van der Waals surface area contributed by atoms with Gasteiger partial charge < -0.3 is 14.2 Å². The summed E-state index contributed by atoms with van der Waals surface area (Å²) in [6.07, 6.45) is 3.63. The van der Waals surface area contributed by atoms with E-state index in [1.165, 1.54) is 24.8 Å². The Morgan fingerprint density at radius 2 is 1.87 bits per heavy atom. The third kappa shape index (κ3) is 3.86. The maximum Gasteiger partial charge on any atom is 0.231 e. The molecule has 2 aromatic rings. The molecule has 6 heteroatoms. The summed E-state index contributed by atoms with van der Waals surface area (Å²) in [5.74, 6) is 2.12. The Labute approximate surface area is 177 Å². The molecule has 2 fully saturated rings. The van der Waals surface area contributed by atoms with Crippen LogP contribution in [0.25, 0.3) is 0 Å². The van der Waals surface area contributed by atoms with Crippen LogP contribution in [0.5, 0.6) is 17.2 Å². The van der Waals surface area contributed by atoms with E-state index in [1.807, 2.05) is 12.1 Å². The summed E-state index contributed by atoms with van der Waals surface area (Å²) in [4.78, 5) is 4.97. The van der Waals surface area contributed by atoms with Crippen LogP contribution < -0.4 is 14.2 Å². The van der Waals surface area contributed by atoms with Crippen molar-refractivity contribution in [2.75, 3.05) is 40.1 Å². The topological polar surface area (TPSA) is 34.2 Å². The van der Waals surface area contributed by atoms with Crippen LogP contribution in [0.2, 0.25) is 0 Å². The molecule has 1 unspecified atom stereocenters. The van der Waals surface area contributed by atoms with Gasteiger partial charge in [-0.05, 0) is 61.5 Å². The number of likely N-dealkylation sites (tertiary alicyclic amines) is 2. The normalized spacial score (nSPS) is 23.9. The number of benzene rings is 2. The number of ether oxygens (including phenoxy) is 3. The van der Waals surface area contributed by atoms with E-state index in [0.717, 1.165) is 49.8 Å². The molecular weight excluding hydrogens is 383 g/mol. The minimum Gasteiger partial charge on any atom is -0.493 e. The van der Waals surface area contributed by atoms with Crippen molar-refractivity contribution in [3.63, 3.8) is 0 Å². The molecular formula is C24H29FN2O3. The van der Waals surface area contributed by atoms with Crippen LogP contribution in [-0.2, 0) is 13.1 Å². The fourth-order valence-electron chi connectivity index (χ4n) is 5.34. The monoisotopic (exact) mass is 412 g/mol. The summed E-state index contributed by atoms with van der Waals surface area (Å²) in [5, 5.41) is 0. The van der Waals surface area contributed by atoms with Crippen LogP contribution in [0.15, 0.2) is 36.4 Å².